The molecule has 1 aliphatic rings. The zero-order chi connectivity index (χ0) is 14.3. The van der Waals surface area contributed by atoms with Gasteiger partial charge in [-0.2, -0.15) is 0 Å². The lowest BCUT2D eigenvalue weighted by Gasteiger charge is -2.18. The molecule has 0 bridgehead atoms. The van der Waals surface area contributed by atoms with Crippen molar-refractivity contribution in [1.82, 2.24) is 5.32 Å². The van der Waals surface area contributed by atoms with E-state index in [1.807, 2.05) is 19.9 Å². The molecule has 2 N–H and O–H groups in total. The summed E-state index contributed by atoms with van der Waals surface area (Å²) in [6.07, 6.45) is 0. The van der Waals surface area contributed by atoms with Crippen molar-refractivity contribution in [3.63, 3.8) is 0 Å². The third-order valence-corrected chi connectivity index (χ3v) is 3.78. The molecule has 0 amide bonds. The Bertz CT molecular complexity index is 633. The number of nitrogens with one attached hydrogen (secondary N) is 1. The monoisotopic (exact) mass is 273 g/mol. The summed E-state index contributed by atoms with van der Waals surface area (Å²) in [6.45, 7) is 6.65. The molecule has 0 radical (unpaired) electrons. The molecule has 0 aliphatic carbocycles. The Hall–Kier alpha value is -1.94. The first kappa shape index (κ1) is 13.1. The van der Waals surface area contributed by atoms with Gasteiger partial charge in [0.2, 0.25) is 0 Å². The van der Waals surface area contributed by atoms with Crippen LogP contribution in [0.2, 0.25) is 0 Å². The first-order chi connectivity index (χ1) is 9.54. The van der Waals surface area contributed by atoms with E-state index in [2.05, 4.69) is 18.3 Å². The van der Waals surface area contributed by atoms with E-state index < -0.39 is 0 Å². The molecule has 106 valence electrons. The number of benzene rings is 1. The van der Waals surface area contributed by atoms with Crippen molar-refractivity contribution in [3.05, 3.63) is 46.9 Å². The highest BCUT2D eigenvalue weighted by atomic mass is 16.5. The third kappa shape index (κ3) is 2.27. The lowest BCUT2D eigenvalue weighted by molar-refractivity contribution is 0.299. The van der Waals surface area contributed by atoms with Crippen molar-refractivity contribution in [2.75, 3.05) is 6.61 Å². The number of furan rings is 1. The molecule has 0 saturated carbocycles. The number of hydrogen-bond acceptors (Lipinski definition) is 4. The van der Waals surface area contributed by atoms with Crippen molar-refractivity contribution >= 4 is 0 Å². The van der Waals surface area contributed by atoms with E-state index in [1.165, 1.54) is 5.56 Å². The Kier molecular flexibility index (Phi) is 3.18. The summed E-state index contributed by atoms with van der Waals surface area (Å²) in [5, 5.41) is 13.0. The molecule has 4 nitrogen and oxygen atoms in total. The molecule has 2 unspecified atom stereocenters. The lowest BCUT2D eigenvalue weighted by atomic mass is 10.0. The predicted molar refractivity (Wildman–Crippen MR) is 76.1 cm³/mol. The maximum Gasteiger partial charge on any atom is 0.127 e. The van der Waals surface area contributed by atoms with Gasteiger partial charge >= 0.3 is 0 Å². The normalized spacial score (nSPS) is 18.6. The molecular formula is C16H19NO3. The van der Waals surface area contributed by atoms with Crippen molar-refractivity contribution in [3.8, 4) is 11.5 Å². The average Bonchev–Trinajstić information content (AvgIpc) is 2.93. The fourth-order valence-electron chi connectivity index (χ4n) is 2.81. The summed E-state index contributed by atoms with van der Waals surface area (Å²) in [5.41, 5.74) is 2.27. The largest absolute Gasteiger partial charge is 0.508 e. The van der Waals surface area contributed by atoms with Crippen LogP contribution in [0.3, 0.4) is 0 Å². The highest BCUT2D eigenvalue weighted by molar-refractivity contribution is 5.44. The standard InChI is InChI=1S/C16H19NO3/c1-9-6-14(11(3)20-9)10(2)17-15-8-19-16-7-12(18)4-5-13(15)16/h4-7,10,15,17-18H,8H2,1-3H3. The van der Waals surface area contributed by atoms with E-state index in [-0.39, 0.29) is 17.8 Å². The molecular weight excluding hydrogens is 254 g/mol. The van der Waals surface area contributed by atoms with E-state index in [0.717, 1.165) is 22.8 Å². The molecule has 4 heteroatoms. The second-order valence-corrected chi connectivity index (χ2v) is 5.34. The summed E-state index contributed by atoms with van der Waals surface area (Å²) in [5.74, 6) is 2.88. The van der Waals surface area contributed by atoms with E-state index in [4.69, 9.17) is 9.15 Å². The van der Waals surface area contributed by atoms with Crippen LogP contribution in [0.1, 0.15) is 41.7 Å². The van der Waals surface area contributed by atoms with Crippen LogP contribution in [0, 0.1) is 13.8 Å². The Morgan fingerprint density at radius 1 is 1.30 bits per heavy atom. The van der Waals surface area contributed by atoms with Crippen molar-refractivity contribution < 1.29 is 14.3 Å². The van der Waals surface area contributed by atoms with Gasteiger partial charge in [-0.25, -0.2) is 0 Å². The molecule has 0 spiro atoms. The fraction of sp³-hybridized carbons (Fsp3) is 0.375. The Balaban J connectivity index is 1.79. The number of aryl methyl sites for hydroxylation is 2. The van der Waals surface area contributed by atoms with Crippen LogP contribution < -0.4 is 10.1 Å². The molecule has 1 aromatic heterocycles. The highest BCUT2D eigenvalue weighted by Crippen LogP contribution is 2.36. The Labute approximate surface area is 118 Å². The summed E-state index contributed by atoms with van der Waals surface area (Å²) < 4.78 is 11.2. The lowest BCUT2D eigenvalue weighted by Crippen LogP contribution is -2.25. The molecule has 0 saturated heterocycles. The number of rotatable bonds is 3. The van der Waals surface area contributed by atoms with Gasteiger partial charge in [-0.15, -0.1) is 0 Å². The minimum Gasteiger partial charge on any atom is -0.508 e. The van der Waals surface area contributed by atoms with Gasteiger partial charge in [0.05, 0.1) is 6.04 Å². The summed E-state index contributed by atoms with van der Waals surface area (Å²) in [7, 11) is 0. The number of ether oxygens (including phenoxy) is 1. The topological polar surface area (TPSA) is 54.6 Å². The predicted octanol–water partition coefficient (Wildman–Crippen LogP) is 3.39. The minimum absolute atomic E-state index is 0.134. The van der Waals surface area contributed by atoms with Crippen LogP contribution in [0.4, 0.5) is 0 Å². The molecule has 1 aromatic carbocycles. The van der Waals surface area contributed by atoms with Gasteiger partial charge in [0.15, 0.2) is 0 Å². The van der Waals surface area contributed by atoms with Crippen LogP contribution in [-0.2, 0) is 0 Å². The maximum atomic E-state index is 9.47. The van der Waals surface area contributed by atoms with Crippen LogP contribution in [0.25, 0.3) is 0 Å². The van der Waals surface area contributed by atoms with Gasteiger partial charge in [0.1, 0.15) is 29.6 Å². The number of phenols is 1. The summed E-state index contributed by atoms with van der Waals surface area (Å²) in [6, 6.07) is 7.65. The van der Waals surface area contributed by atoms with Crippen molar-refractivity contribution in [2.24, 2.45) is 0 Å². The van der Waals surface area contributed by atoms with Crippen molar-refractivity contribution in [1.29, 1.82) is 0 Å². The summed E-state index contributed by atoms with van der Waals surface area (Å²) in [4.78, 5) is 0. The second-order valence-electron chi connectivity index (χ2n) is 5.34. The first-order valence-corrected chi connectivity index (χ1v) is 6.83. The molecule has 3 rings (SSSR count). The SMILES string of the molecule is Cc1cc(C(C)NC2COc3cc(O)ccc32)c(C)o1. The Morgan fingerprint density at radius 3 is 2.80 bits per heavy atom. The van der Waals surface area contributed by atoms with Gasteiger partial charge < -0.3 is 19.6 Å². The third-order valence-electron chi connectivity index (χ3n) is 3.78. The van der Waals surface area contributed by atoms with E-state index >= 15 is 0 Å². The van der Waals surface area contributed by atoms with E-state index in [1.54, 1.807) is 12.1 Å². The quantitative estimate of drug-likeness (QED) is 0.900. The molecule has 2 atom stereocenters. The number of phenolic OH excluding ortho intramolecular Hbond substituents is 1. The van der Waals surface area contributed by atoms with Crippen LogP contribution in [0.5, 0.6) is 11.5 Å². The van der Waals surface area contributed by atoms with Gasteiger partial charge in [0.25, 0.3) is 0 Å². The number of aromatic hydroxyl groups is 1. The van der Waals surface area contributed by atoms with Crippen LogP contribution >= 0.6 is 0 Å². The Morgan fingerprint density at radius 2 is 2.10 bits per heavy atom. The number of fused-ring (bicyclic) bond motifs is 1. The summed E-state index contributed by atoms with van der Waals surface area (Å²) >= 11 is 0. The zero-order valence-corrected chi connectivity index (χ0v) is 11.9. The zero-order valence-electron chi connectivity index (χ0n) is 11.9. The smallest absolute Gasteiger partial charge is 0.127 e. The number of hydrogen-bond donors (Lipinski definition) is 2. The van der Waals surface area contributed by atoms with Gasteiger partial charge in [-0.3, -0.25) is 0 Å². The first-order valence-electron chi connectivity index (χ1n) is 6.83. The van der Waals surface area contributed by atoms with Crippen molar-refractivity contribution in [2.45, 2.75) is 32.9 Å². The van der Waals surface area contributed by atoms with Gasteiger partial charge in [0, 0.05) is 23.2 Å². The fourth-order valence-corrected chi connectivity index (χ4v) is 2.81. The maximum absolute atomic E-state index is 9.47. The van der Waals surface area contributed by atoms with Crippen LogP contribution in [0.15, 0.2) is 28.7 Å². The molecule has 1 aliphatic heterocycles. The van der Waals surface area contributed by atoms with E-state index in [9.17, 15) is 5.11 Å². The second kappa shape index (κ2) is 4.87. The van der Waals surface area contributed by atoms with E-state index in [0.29, 0.717) is 6.61 Å². The molecule has 2 heterocycles. The minimum atomic E-state index is 0.134. The van der Waals surface area contributed by atoms with Crippen LogP contribution in [-0.4, -0.2) is 11.7 Å². The molecule has 20 heavy (non-hydrogen) atoms. The van der Waals surface area contributed by atoms with Gasteiger partial charge in [-0.05, 0) is 39.0 Å². The van der Waals surface area contributed by atoms with Gasteiger partial charge in [-0.1, -0.05) is 0 Å². The molecule has 2 aromatic rings. The highest BCUT2D eigenvalue weighted by Gasteiger charge is 2.26. The average molecular weight is 273 g/mol. The molecule has 0 fully saturated rings.